The van der Waals surface area contributed by atoms with Crippen LogP contribution in [0.1, 0.15) is 6.92 Å². The molecule has 10 heavy (non-hydrogen) atoms. The number of esters is 1. The van der Waals surface area contributed by atoms with E-state index in [9.17, 15) is 4.79 Å². The molecule has 0 N–H and O–H groups in total. The molecular formula is C7H10O3. The maximum atomic E-state index is 11.0. The number of carbonyl (C=O) groups is 1. The zero-order chi connectivity index (χ0) is 7.14. The molecular weight excluding hydrogens is 132 g/mol. The molecule has 0 spiro atoms. The van der Waals surface area contributed by atoms with Gasteiger partial charge in [-0.05, 0) is 6.92 Å². The quantitative estimate of drug-likeness (QED) is 0.453. The lowest BCUT2D eigenvalue weighted by Gasteiger charge is -2.06. The molecule has 3 heteroatoms. The van der Waals surface area contributed by atoms with E-state index in [-0.39, 0.29) is 18.0 Å². The van der Waals surface area contributed by atoms with Gasteiger partial charge in [0.1, 0.15) is 6.10 Å². The van der Waals surface area contributed by atoms with Crippen LogP contribution in [-0.4, -0.2) is 25.3 Å². The Labute approximate surface area is 59.3 Å². The number of hydrogen-bond acceptors (Lipinski definition) is 3. The van der Waals surface area contributed by atoms with Crippen molar-refractivity contribution >= 4 is 5.97 Å². The first-order valence-electron chi connectivity index (χ1n) is 3.57. The molecule has 0 radical (unpaired) electrons. The smallest absolute Gasteiger partial charge is 0.312 e. The first-order valence-corrected chi connectivity index (χ1v) is 3.57. The van der Waals surface area contributed by atoms with Crippen molar-refractivity contribution < 1.29 is 14.3 Å². The average Bonchev–Trinajstić information content (AvgIpc) is 2.39. The first kappa shape index (κ1) is 6.16. The van der Waals surface area contributed by atoms with Crippen LogP contribution in [-0.2, 0) is 14.3 Å². The minimum absolute atomic E-state index is 0.0370. The van der Waals surface area contributed by atoms with Crippen LogP contribution in [0.4, 0.5) is 0 Å². The van der Waals surface area contributed by atoms with Crippen molar-refractivity contribution in [3.63, 3.8) is 0 Å². The summed E-state index contributed by atoms with van der Waals surface area (Å²) in [5.41, 5.74) is 0. The molecule has 0 aromatic carbocycles. The first-order chi connectivity index (χ1) is 4.79. The number of hydrogen-bond donors (Lipinski definition) is 0. The van der Waals surface area contributed by atoms with Crippen molar-refractivity contribution in [2.75, 3.05) is 13.2 Å². The molecule has 3 nitrogen and oxygen atoms in total. The zero-order valence-electron chi connectivity index (χ0n) is 5.87. The summed E-state index contributed by atoms with van der Waals surface area (Å²) in [6, 6.07) is 0. The summed E-state index contributed by atoms with van der Waals surface area (Å²) in [7, 11) is 0. The summed E-state index contributed by atoms with van der Waals surface area (Å²) < 4.78 is 10.2. The maximum absolute atomic E-state index is 11.0. The Morgan fingerprint density at radius 3 is 3.00 bits per heavy atom. The Hall–Kier alpha value is -0.570. The minimum atomic E-state index is -0.0741. The largest absolute Gasteiger partial charge is 0.462 e. The van der Waals surface area contributed by atoms with Crippen molar-refractivity contribution in [1.29, 1.82) is 0 Å². The van der Waals surface area contributed by atoms with E-state index in [1.54, 1.807) is 0 Å². The van der Waals surface area contributed by atoms with Gasteiger partial charge in [0.25, 0.3) is 0 Å². The average molecular weight is 142 g/mol. The molecule has 2 aliphatic heterocycles. The fourth-order valence-corrected chi connectivity index (χ4v) is 1.63. The zero-order valence-corrected chi connectivity index (χ0v) is 5.87. The third kappa shape index (κ3) is 0.669. The monoisotopic (exact) mass is 142 g/mol. The molecule has 0 amide bonds. The second-order valence-corrected chi connectivity index (χ2v) is 2.95. The summed E-state index contributed by atoms with van der Waals surface area (Å²) in [6.45, 7) is 3.18. The summed E-state index contributed by atoms with van der Waals surface area (Å²) in [5.74, 6) is 0.289. The van der Waals surface area contributed by atoms with Crippen LogP contribution >= 0.6 is 0 Å². The van der Waals surface area contributed by atoms with Gasteiger partial charge >= 0.3 is 5.97 Å². The third-order valence-electron chi connectivity index (χ3n) is 2.33. The molecule has 0 aromatic rings. The number of rotatable bonds is 0. The van der Waals surface area contributed by atoms with Gasteiger partial charge in [-0.1, -0.05) is 0 Å². The third-order valence-corrected chi connectivity index (χ3v) is 2.33. The summed E-state index contributed by atoms with van der Waals surface area (Å²) in [5, 5.41) is 0. The van der Waals surface area contributed by atoms with Gasteiger partial charge in [0.05, 0.1) is 19.1 Å². The molecule has 2 heterocycles. The van der Waals surface area contributed by atoms with Gasteiger partial charge < -0.3 is 9.47 Å². The highest BCUT2D eigenvalue weighted by Gasteiger charge is 2.45. The van der Waals surface area contributed by atoms with Gasteiger partial charge in [0.15, 0.2) is 0 Å². The van der Waals surface area contributed by atoms with Crippen LogP contribution in [0, 0.1) is 11.8 Å². The Kier molecular flexibility index (Phi) is 1.20. The van der Waals surface area contributed by atoms with E-state index in [1.807, 2.05) is 6.92 Å². The Morgan fingerprint density at radius 2 is 2.30 bits per heavy atom. The molecule has 0 aliphatic carbocycles. The molecule has 3 atom stereocenters. The second-order valence-electron chi connectivity index (χ2n) is 2.95. The van der Waals surface area contributed by atoms with E-state index in [0.717, 1.165) is 0 Å². The van der Waals surface area contributed by atoms with Crippen LogP contribution in [0.2, 0.25) is 0 Å². The Morgan fingerprint density at radius 1 is 1.50 bits per heavy atom. The minimum Gasteiger partial charge on any atom is -0.462 e. The Bertz CT molecular complexity index is 166. The van der Waals surface area contributed by atoms with Crippen molar-refractivity contribution in [2.45, 2.75) is 13.0 Å². The van der Waals surface area contributed by atoms with E-state index in [2.05, 4.69) is 0 Å². The van der Waals surface area contributed by atoms with E-state index in [1.165, 1.54) is 0 Å². The molecule has 2 rings (SSSR count). The molecule has 0 aromatic heterocycles. The van der Waals surface area contributed by atoms with Crippen LogP contribution in [0.25, 0.3) is 0 Å². The van der Waals surface area contributed by atoms with Crippen molar-refractivity contribution in [1.82, 2.24) is 0 Å². The Balaban J connectivity index is 2.19. The topological polar surface area (TPSA) is 35.5 Å². The highest BCUT2D eigenvalue weighted by Crippen LogP contribution is 2.32. The van der Waals surface area contributed by atoms with Gasteiger partial charge in [0, 0.05) is 5.92 Å². The summed E-state index contributed by atoms with van der Waals surface area (Å²) >= 11 is 0. The SMILES string of the molecule is C[C@H]1OC(=O)[C@H]2COC[C@H]21. The summed E-state index contributed by atoms with van der Waals surface area (Å²) in [6.07, 6.45) is 0.0694. The van der Waals surface area contributed by atoms with E-state index >= 15 is 0 Å². The fraction of sp³-hybridized carbons (Fsp3) is 0.857. The van der Waals surface area contributed by atoms with Gasteiger partial charge in [-0.3, -0.25) is 4.79 Å². The van der Waals surface area contributed by atoms with Crippen LogP contribution in [0.3, 0.4) is 0 Å². The van der Waals surface area contributed by atoms with Crippen LogP contribution in [0.5, 0.6) is 0 Å². The highest BCUT2D eigenvalue weighted by molar-refractivity contribution is 5.75. The van der Waals surface area contributed by atoms with Crippen molar-refractivity contribution in [3.8, 4) is 0 Å². The second kappa shape index (κ2) is 1.95. The number of ether oxygens (including phenoxy) is 2. The van der Waals surface area contributed by atoms with E-state index in [0.29, 0.717) is 19.1 Å². The van der Waals surface area contributed by atoms with Crippen LogP contribution < -0.4 is 0 Å². The predicted molar refractivity (Wildman–Crippen MR) is 33.4 cm³/mol. The predicted octanol–water partition coefficient (Wildman–Crippen LogP) is 0.194. The number of cyclic esters (lactones) is 1. The molecule has 0 bridgehead atoms. The molecule has 2 fully saturated rings. The van der Waals surface area contributed by atoms with Crippen LogP contribution in [0.15, 0.2) is 0 Å². The molecule has 56 valence electrons. The number of fused-ring (bicyclic) bond motifs is 1. The van der Waals surface area contributed by atoms with Gasteiger partial charge in [0.2, 0.25) is 0 Å². The highest BCUT2D eigenvalue weighted by atomic mass is 16.6. The maximum Gasteiger partial charge on any atom is 0.312 e. The molecule has 0 unspecified atom stereocenters. The normalized spacial score (nSPS) is 45.3. The van der Waals surface area contributed by atoms with Crippen molar-refractivity contribution in [2.24, 2.45) is 11.8 Å². The standard InChI is InChI=1S/C7H10O3/c1-4-5-2-9-3-6(5)7(8)10-4/h4-6H,2-3H2,1H3/t4-,5+,6+/m1/s1. The molecule has 0 saturated carbocycles. The lowest BCUT2D eigenvalue weighted by Crippen LogP contribution is -2.16. The van der Waals surface area contributed by atoms with Gasteiger partial charge in [-0.25, -0.2) is 0 Å². The fourth-order valence-electron chi connectivity index (χ4n) is 1.63. The van der Waals surface area contributed by atoms with Gasteiger partial charge in [-0.15, -0.1) is 0 Å². The molecule has 2 aliphatic rings. The number of carbonyl (C=O) groups excluding carboxylic acids is 1. The van der Waals surface area contributed by atoms with E-state index < -0.39 is 0 Å². The lowest BCUT2D eigenvalue weighted by atomic mass is 9.95. The lowest BCUT2D eigenvalue weighted by molar-refractivity contribution is -0.145. The van der Waals surface area contributed by atoms with Crippen molar-refractivity contribution in [3.05, 3.63) is 0 Å². The van der Waals surface area contributed by atoms with E-state index in [4.69, 9.17) is 9.47 Å². The summed E-state index contributed by atoms with van der Waals surface area (Å²) in [4.78, 5) is 11.0. The van der Waals surface area contributed by atoms with Gasteiger partial charge in [-0.2, -0.15) is 0 Å². The molecule has 2 saturated heterocycles.